The molecule has 36 heavy (non-hydrogen) atoms. The van der Waals surface area contributed by atoms with Gasteiger partial charge in [-0.05, 0) is 61.4 Å². The van der Waals surface area contributed by atoms with Gasteiger partial charge < -0.3 is 24.1 Å². The van der Waals surface area contributed by atoms with E-state index in [1.54, 1.807) is 13.2 Å². The molecule has 0 bridgehead atoms. The molecule has 1 amide bonds. The summed E-state index contributed by atoms with van der Waals surface area (Å²) in [4.78, 5) is 19.5. The van der Waals surface area contributed by atoms with Crippen LogP contribution < -0.4 is 15.0 Å². The normalized spacial score (nSPS) is 15.1. The number of benzene rings is 2. The van der Waals surface area contributed by atoms with Gasteiger partial charge in [-0.25, -0.2) is 4.98 Å². The Kier molecular flexibility index (Phi) is 7.55. The van der Waals surface area contributed by atoms with Crippen molar-refractivity contribution in [3.8, 4) is 17.0 Å². The summed E-state index contributed by atoms with van der Waals surface area (Å²) in [6, 6.07) is 18.9. The second-order valence-corrected chi connectivity index (χ2v) is 9.64. The highest BCUT2D eigenvalue weighted by atomic mass is 35.5. The fourth-order valence-corrected chi connectivity index (χ4v) is 5.13. The fourth-order valence-electron chi connectivity index (χ4n) is 4.05. The van der Waals surface area contributed by atoms with E-state index in [0.29, 0.717) is 23.9 Å². The Morgan fingerprint density at radius 1 is 1.19 bits per heavy atom. The lowest BCUT2D eigenvalue weighted by atomic mass is 10.2. The summed E-state index contributed by atoms with van der Waals surface area (Å²) in [5.41, 5.74) is 2.64. The maximum Gasteiger partial charge on any atom is 0.287 e. The number of para-hydroxylation sites is 1. The molecule has 3 heterocycles. The highest BCUT2D eigenvalue weighted by Crippen LogP contribution is 2.37. The summed E-state index contributed by atoms with van der Waals surface area (Å²) in [5, 5.41) is 6.26. The standard InChI is InChI=1S/C27H26ClN3O4S/c1-33-19-10-8-18(9-11-19)23-17-36-27(30-23)31(24-7-3-2-6-22(24)28)16-21-12-13-25(35-21)26(32)29-15-20-5-4-14-34-20/h2-3,6-13,17,20H,4-5,14-16H2,1H3,(H,29,32)/t20-/m1/s1. The Balaban J connectivity index is 1.36. The molecule has 0 unspecified atom stereocenters. The number of aromatic nitrogens is 1. The monoisotopic (exact) mass is 523 g/mol. The van der Waals surface area contributed by atoms with Crippen LogP contribution in [-0.4, -0.2) is 37.3 Å². The van der Waals surface area contributed by atoms with Crippen molar-refractivity contribution >= 4 is 39.7 Å². The van der Waals surface area contributed by atoms with Gasteiger partial charge in [0.15, 0.2) is 10.9 Å². The van der Waals surface area contributed by atoms with Crippen molar-refractivity contribution in [2.75, 3.05) is 25.2 Å². The number of carbonyl (C=O) groups is 1. The molecule has 2 aromatic carbocycles. The zero-order valence-electron chi connectivity index (χ0n) is 19.8. The number of carbonyl (C=O) groups excluding carboxylic acids is 1. The summed E-state index contributed by atoms with van der Waals surface area (Å²) < 4.78 is 16.8. The predicted octanol–water partition coefficient (Wildman–Crippen LogP) is 6.31. The number of ether oxygens (including phenoxy) is 2. The van der Waals surface area contributed by atoms with Crippen LogP contribution in [0.3, 0.4) is 0 Å². The topological polar surface area (TPSA) is 76.8 Å². The number of methoxy groups -OCH3 is 1. The van der Waals surface area contributed by atoms with E-state index in [4.69, 9.17) is 30.5 Å². The number of hydrogen-bond donors (Lipinski definition) is 1. The zero-order chi connectivity index (χ0) is 24.9. The van der Waals surface area contributed by atoms with Crippen molar-refractivity contribution in [1.82, 2.24) is 10.3 Å². The summed E-state index contributed by atoms with van der Waals surface area (Å²) >= 11 is 8.08. The van der Waals surface area contributed by atoms with E-state index in [2.05, 4.69) is 5.32 Å². The van der Waals surface area contributed by atoms with E-state index >= 15 is 0 Å². The molecule has 1 aliphatic heterocycles. The molecule has 1 aliphatic rings. The first kappa shape index (κ1) is 24.4. The van der Waals surface area contributed by atoms with Crippen LogP contribution in [0, 0.1) is 0 Å². The summed E-state index contributed by atoms with van der Waals surface area (Å²) in [6.45, 7) is 1.59. The Bertz CT molecular complexity index is 1310. The second kappa shape index (κ2) is 11.2. The number of anilines is 2. The summed E-state index contributed by atoms with van der Waals surface area (Å²) in [6.07, 6.45) is 2.06. The van der Waals surface area contributed by atoms with Gasteiger partial charge in [-0.2, -0.15) is 0 Å². The average Bonchev–Trinajstić information content (AvgIpc) is 3.69. The molecule has 1 saturated heterocycles. The third-order valence-electron chi connectivity index (χ3n) is 5.97. The first-order valence-corrected chi connectivity index (χ1v) is 13.0. The first-order valence-electron chi connectivity index (χ1n) is 11.7. The Morgan fingerprint density at radius 2 is 2.03 bits per heavy atom. The van der Waals surface area contributed by atoms with E-state index in [0.717, 1.165) is 47.3 Å². The molecule has 2 aromatic heterocycles. The zero-order valence-corrected chi connectivity index (χ0v) is 21.3. The molecule has 4 aromatic rings. The Morgan fingerprint density at radius 3 is 2.78 bits per heavy atom. The molecule has 0 aliphatic carbocycles. The molecule has 0 saturated carbocycles. The lowest BCUT2D eigenvalue weighted by Crippen LogP contribution is -2.31. The SMILES string of the molecule is COc1ccc(-c2csc(N(Cc3ccc(C(=O)NC[C@H]4CCCO4)o3)c3ccccc3Cl)n2)cc1. The number of halogens is 1. The molecular weight excluding hydrogens is 498 g/mol. The molecule has 7 nitrogen and oxygen atoms in total. The molecule has 1 fully saturated rings. The highest BCUT2D eigenvalue weighted by Gasteiger charge is 2.21. The summed E-state index contributed by atoms with van der Waals surface area (Å²) in [7, 11) is 1.64. The van der Waals surface area contributed by atoms with E-state index in [1.165, 1.54) is 11.3 Å². The smallest absolute Gasteiger partial charge is 0.287 e. The van der Waals surface area contributed by atoms with Crippen LogP contribution in [0.4, 0.5) is 10.8 Å². The molecule has 9 heteroatoms. The summed E-state index contributed by atoms with van der Waals surface area (Å²) in [5.74, 6) is 1.43. The minimum atomic E-state index is -0.253. The molecule has 1 N–H and O–H groups in total. The number of furan rings is 1. The van der Waals surface area contributed by atoms with Gasteiger partial charge in [0.2, 0.25) is 0 Å². The number of thiazole rings is 1. The molecule has 0 spiro atoms. The van der Waals surface area contributed by atoms with Crippen molar-refractivity contribution in [3.05, 3.63) is 82.6 Å². The van der Waals surface area contributed by atoms with Crippen LogP contribution in [0.15, 0.2) is 70.5 Å². The maximum absolute atomic E-state index is 12.6. The lowest BCUT2D eigenvalue weighted by molar-refractivity contribution is 0.0834. The van der Waals surface area contributed by atoms with Gasteiger partial charge in [-0.3, -0.25) is 4.79 Å². The molecular formula is C27H26ClN3O4S. The molecule has 186 valence electrons. The Hall–Kier alpha value is -3.33. The third kappa shape index (κ3) is 5.56. The van der Waals surface area contributed by atoms with Crippen molar-refractivity contribution in [1.29, 1.82) is 0 Å². The maximum atomic E-state index is 12.6. The van der Waals surface area contributed by atoms with Crippen molar-refractivity contribution in [2.24, 2.45) is 0 Å². The van der Waals surface area contributed by atoms with E-state index in [-0.39, 0.29) is 17.8 Å². The van der Waals surface area contributed by atoms with E-state index in [9.17, 15) is 4.79 Å². The fraction of sp³-hybridized carbons (Fsp3) is 0.259. The van der Waals surface area contributed by atoms with Gasteiger partial charge in [0.05, 0.1) is 36.2 Å². The van der Waals surface area contributed by atoms with Gasteiger partial charge in [-0.15, -0.1) is 11.3 Å². The van der Waals surface area contributed by atoms with Crippen LogP contribution in [0.5, 0.6) is 5.75 Å². The number of nitrogens with one attached hydrogen (secondary N) is 1. The number of rotatable bonds is 9. The minimum absolute atomic E-state index is 0.0731. The largest absolute Gasteiger partial charge is 0.497 e. The molecule has 1 atom stereocenters. The average molecular weight is 524 g/mol. The Labute approximate surface area is 218 Å². The number of nitrogens with zero attached hydrogens (tertiary/aromatic N) is 2. The first-order chi connectivity index (χ1) is 17.6. The van der Waals surface area contributed by atoms with E-state index in [1.807, 2.05) is 64.9 Å². The molecule has 0 radical (unpaired) electrons. The minimum Gasteiger partial charge on any atom is -0.497 e. The predicted molar refractivity (Wildman–Crippen MR) is 141 cm³/mol. The van der Waals surface area contributed by atoms with Gasteiger partial charge in [0.25, 0.3) is 5.91 Å². The second-order valence-electron chi connectivity index (χ2n) is 8.39. The van der Waals surface area contributed by atoms with Crippen molar-refractivity contribution in [2.45, 2.75) is 25.5 Å². The van der Waals surface area contributed by atoms with Crippen LogP contribution in [0.1, 0.15) is 29.2 Å². The number of hydrogen-bond acceptors (Lipinski definition) is 7. The van der Waals surface area contributed by atoms with Gasteiger partial charge in [0, 0.05) is 24.1 Å². The number of amides is 1. The highest BCUT2D eigenvalue weighted by molar-refractivity contribution is 7.14. The van der Waals surface area contributed by atoms with Gasteiger partial charge in [-0.1, -0.05) is 23.7 Å². The van der Waals surface area contributed by atoms with Crippen LogP contribution >= 0.6 is 22.9 Å². The van der Waals surface area contributed by atoms with Crippen molar-refractivity contribution in [3.63, 3.8) is 0 Å². The van der Waals surface area contributed by atoms with Crippen molar-refractivity contribution < 1.29 is 18.7 Å². The van der Waals surface area contributed by atoms with Gasteiger partial charge in [0.1, 0.15) is 11.5 Å². The van der Waals surface area contributed by atoms with E-state index < -0.39 is 0 Å². The lowest BCUT2D eigenvalue weighted by Gasteiger charge is -2.22. The van der Waals surface area contributed by atoms with Gasteiger partial charge >= 0.3 is 0 Å². The van der Waals surface area contributed by atoms with Crippen LogP contribution in [0.25, 0.3) is 11.3 Å². The van der Waals surface area contributed by atoms with Crippen LogP contribution in [0.2, 0.25) is 5.02 Å². The molecule has 5 rings (SSSR count). The quantitative estimate of drug-likeness (QED) is 0.277. The van der Waals surface area contributed by atoms with Crippen LogP contribution in [-0.2, 0) is 11.3 Å². The third-order valence-corrected chi connectivity index (χ3v) is 7.15.